The quantitative estimate of drug-likeness (QED) is 0.809. The summed E-state index contributed by atoms with van der Waals surface area (Å²) in [6.07, 6.45) is 5.68. The first-order chi connectivity index (χ1) is 9.78. The summed E-state index contributed by atoms with van der Waals surface area (Å²) in [5.41, 5.74) is 1.76. The SMILES string of the molecule is O=C1CC(CBr)CN1c1nccc(-c2ccncc2)n1. The summed E-state index contributed by atoms with van der Waals surface area (Å²) in [7, 11) is 0. The number of hydrogen-bond donors (Lipinski definition) is 0. The van der Waals surface area contributed by atoms with Crippen LogP contribution < -0.4 is 4.90 Å². The molecular weight excluding hydrogens is 320 g/mol. The highest BCUT2D eigenvalue weighted by Gasteiger charge is 2.31. The molecule has 2 aromatic heterocycles. The minimum atomic E-state index is 0.0846. The lowest BCUT2D eigenvalue weighted by Crippen LogP contribution is -2.26. The van der Waals surface area contributed by atoms with Crippen LogP contribution in [-0.2, 0) is 4.79 Å². The number of anilines is 1. The van der Waals surface area contributed by atoms with Gasteiger partial charge in [0.15, 0.2) is 0 Å². The van der Waals surface area contributed by atoms with Gasteiger partial charge in [-0.2, -0.15) is 0 Å². The average molecular weight is 333 g/mol. The van der Waals surface area contributed by atoms with E-state index in [4.69, 9.17) is 0 Å². The van der Waals surface area contributed by atoms with Crippen LogP contribution in [0.3, 0.4) is 0 Å². The van der Waals surface area contributed by atoms with Crippen molar-refractivity contribution >= 4 is 27.8 Å². The molecule has 0 radical (unpaired) electrons. The number of carbonyl (C=O) groups excluding carboxylic acids is 1. The molecule has 20 heavy (non-hydrogen) atoms. The van der Waals surface area contributed by atoms with Gasteiger partial charge in [-0.15, -0.1) is 0 Å². The summed E-state index contributed by atoms with van der Waals surface area (Å²) in [5.74, 6) is 0.893. The number of halogens is 1. The van der Waals surface area contributed by atoms with Crippen molar-refractivity contribution in [3.63, 3.8) is 0 Å². The Morgan fingerprint density at radius 1 is 1.25 bits per heavy atom. The second-order valence-corrected chi connectivity index (χ2v) is 5.35. The van der Waals surface area contributed by atoms with E-state index in [0.717, 1.165) is 16.6 Å². The average Bonchev–Trinajstić information content (AvgIpc) is 2.89. The van der Waals surface area contributed by atoms with E-state index in [1.807, 2.05) is 18.2 Å². The van der Waals surface area contributed by atoms with Crippen molar-refractivity contribution in [3.8, 4) is 11.3 Å². The topological polar surface area (TPSA) is 59.0 Å². The molecule has 3 heterocycles. The molecule has 102 valence electrons. The maximum absolute atomic E-state index is 12.0. The number of amides is 1. The third-order valence-corrected chi connectivity index (χ3v) is 4.20. The maximum atomic E-state index is 12.0. The van der Waals surface area contributed by atoms with Gasteiger partial charge in [0, 0.05) is 42.4 Å². The van der Waals surface area contributed by atoms with E-state index in [2.05, 4.69) is 30.9 Å². The Labute approximate surface area is 125 Å². The van der Waals surface area contributed by atoms with Crippen molar-refractivity contribution in [2.45, 2.75) is 6.42 Å². The summed E-state index contributed by atoms with van der Waals surface area (Å²) in [4.78, 5) is 26.4. The first-order valence-corrected chi connectivity index (χ1v) is 7.50. The molecule has 0 aliphatic carbocycles. The van der Waals surface area contributed by atoms with E-state index < -0.39 is 0 Å². The molecular formula is C14H13BrN4O. The van der Waals surface area contributed by atoms with Crippen LogP contribution >= 0.6 is 15.9 Å². The molecule has 0 saturated carbocycles. The largest absolute Gasteiger partial charge is 0.280 e. The Kier molecular flexibility index (Phi) is 3.73. The molecule has 5 nitrogen and oxygen atoms in total. The first-order valence-electron chi connectivity index (χ1n) is 6.37. The monoisotopic (exact) mass is 332 g/mol. The van der Waals surface area contributed by atoms with Crippen LogP contribution in [0.25, 0.3) is 11.3 Å². The van der Waals surface area contributed by atoms with Gasteiger partial charge in [0.05, 0.1) is 5.69 Å². The third kappa shape index (κ3) is 2.56. The van der Waals surface area contributed by atoms with Crippen LogP contribution in [0.4, 0.5) is 5.95 Å². The van der Waals surface area contributed by atoms with Gasteiger partial charge in [0.1, 0.15) is 0 Å². The fourth-order valence-electron chi connectivity index (χ4n) is 2.24. The van der Waals surface area contributed by atoms with Gasteiger partial charge in [0.25, 0.3) is 0 Å². The Morgan fingerprint density at radius 3 is 2.75 bits per heavy atom. The molecule has 0 aromatic carbocycles. The molecule has 0 N–H and O–H groups in total. The zero-order valence-corrected chi connectivity index (χ0v) is 12.3. The summed E-state index contributed by atoms with van der Waals surface area (Å²) >= 11 is 3.43. The number of nitrogens with zero attached hydrogens (tertiary/aromatic N) is 4. The molecule has 1 fully saturated rings. The van der Waals surface area contributed by atoms with Gasteiger partial charge in [0.2, 0.25) is 11.9 Å². The van der Waals surface area contributed by atoms with Crippen LogP contribution in [0, 0.1) is 5.92 Å². The van der Waals surface area contributed by atoms with E-state index >= 15 is 0 Å². The van der Waals surface area contributed by atoms with Gasteiger partial charge < -0.3 is 0 Å². The molecule has 3 rings (SSSR count). The summed E-state index contributed by atoms with van der Waals surface area (Å²) in [5, 5.41) is 0.819. The fourth-order valence-corrected chi connectivity index (χ4v) is 2.67. The molecule has 1 amide bonds. The van der Waals surface area contributed by atoms with Crippen LogP contribution in [0.1, 0.15) is 6.42 Å². The molecule has 1 aliphatic rings. The van der Waals surface area contributed by atoms with Gasteiger partial charge in [-0.25, -0.2) is 9.97 Å². The molecule has 1 atom stereocenters. The highest BCUT2D eigenvalue weighted by molar-refractivity contribution is 9.09. The van der Waals surface area contributed by atoms with Crippen LogP contribution in [0.2, 0.25) is 0 Å². The van der Waals surface area contributed by atoms with E-state index in [1.165, 1.54) is 0 Å². The molecule has 1 aliphatic heterocycles. The zero-order chi connectivity index (χ0) is 13.9. The Bertz CT molecular complexity index is 620. The highest BCUT2D eigenvalue weighted by Crippen LogP contribution is 2.25. The smallest absolute Gasteiger partial charge is 0.232 e. The number of rotatable bonds is 3. The second-order valence-electron chi connectivity index (χ2n) is 4.71. The maximum Gasteiger partial charge on any atom is 0.232 e. The van der Waals surface area contributed by atoms with Gasteiger partial charge >= 0.3 is 0 Å². The Balaban J connectivity index is 1.91. The summed E-state index contributed by atoms with van der Waals surface area (Å²) < 4.78 is 0. The number of pyridine rings is 1. The predicted octanol–water partition coefficient (Wildman–Crippen LogP) is 2.29. The summed E-state index contributed by atoms with van der Waals surface area (Å²) in [6.45, 7) is 0.671. The molecule has 0 bridgehead atoms. The van der Waals surface area contributed by atoms with Crippen LogP contribution in [0.15, 0.2) is 36.8 Å². The number of alkyl halides is 1. The molecule has 6 heteroatoms. The van der Waals surface area contributed by atoms with Crippen molar-refractivity contribution in [2.24, 2.45) is 5.92 Å². The normalized spacial score (nSPS) is 18.6. The molecule has 0 spiro atoms. The van der Waals surface area contributed by atoms with Gasteiger partial charge in [-0.1, -0.05) is 15.9 Å². The van der Waals surface area contributed by atoms with Crippen molar-refractivity contribution < 1.29 is 4.79 Å². The Hall–Kier alpha value is -1.82. The zero-order valence-electron chi connectivity index (χ0n) is 10.7. The van der Waals surface area contributed by atoms with E-state index in [0.29, 0.717) is 24.8 Å². The van der Waals surface area contributed by atoms with Crippen LogP contribution in [0.5, 0.6) is 0 Å². The molecule has 1 saturated heterocycles. The third-order valence-electron chi connectivity index (χ3n) is 3.28. The van der Waals surface area contributed by atoms with Crippen molar-refractivity contribution in [1.82, 2.24) is 15.0 Å². The standard InChI is InChI=1S/C14H13BrN4O/c15-8-10-7-13(20)19(9-10)14-17-6-3-12(18-14)11-1-4-16-5-2-11/h1-6,10H,7-9H2. The molecule has 1 unspecified atom stereocenters. The van der Waals surface area contributed by atoms with Crippen LogP contribution in [-0.4, -0.2) is 32.7 Å². The van der Waals surface area contributed by atoms with Gasteiger partial charge in [-0.3, -0.25) is 14.7 Å². The lowest BCUT2D eigenvalue weighted by Gasteiger charge is -2.14. The number of carbonyl (C=O) groups is 1. The minimum absolute atomic E-state index is 0.0846. The lowest BCUT2D eigenvalue weighted by atomic mass is 10.2. The first kappa shape index (κ1) is 13.2. The number of hydrogen-bond acceptors (Lipinski definition) is 4. The Morgan fingerprint density at radius 2 is 2.05 bits per heavy atom. The van der Waals surface area contributed by atoms with Gasteiger partial charge in [-0.05, 0) is 24.1 Å². The molecule has 2 aromatic rings. The lowest BCUT2D eigenvalue weighted by molar-refractivity contribution is -0.117. The van der Waals surface area contributed by atoms with E-state index in [9.17, 15) is 4.79 Å². The van der Waals surface area contributed by atoms with E-state index in [-0.39, 0.29) is 5.91 Å². The van der Waals surface area contributed by atoms with Crippen molar-refractivity contribution in [3.05, 3.63) is 36.8 Å². The van der Waals surface area contributed by atoms with Crippen molar-refractivity contribution in [2.75, 3.05) is 16.8 Å². The highest BCUT2D eigenvalue weighted by atomic mass is 79.9. The van der Waals surface area contributed by atoms with E-state index in [1.54, 1.807) is 23.5 Å². The minimum Gasteiger partial charge on any atom is -0.280 e. The second kappa shape index (κ2) is 5.66. The van der Waals surface area contributed by atoms with Crippen molar-refractivity contribution in [1.29, 1.82) is 0 Å². The predicted molar refractivity (Wildman–Crippen MR) is 79.5 cm³/mol. The number of aromatic nitrogens is 3. The summed E-state index contributed by atoms with van der Waals surface area (Å²) in [6, 6.07) is 5.61. The fraction of sp³-hybridized carbons (Fsp3) is 0.286.